The van der Waals surface area contributed by atoms with Gasteiger partial charge in [-0.05, 0) is 25.5 Å². The molecule has 1 aliphatic rings. The van der Waals surface area contributed by atoms with Crippen molar-refractivity contribution in [3.8, 4) is 0 Å². The molecule has 0 aromatic heterocycles. The molecule has 0 spiro atoms. The van der Waals surface area contributed by atoms with Crippen LogP contribution in [-0.4, -0.2) is 25.3 Å². The molecule has 2 rings (SSSR count). The second kappa shape index (κ2) is 8.84. The Hall–Kier alpha value is -0.870. The Morgan fingerprint density at radius 1 is 0.957 bits per heavy atom. The fourth-order valence-corrected chi connectivity index (χ4v) is 4.67. The molecule has 0 saturated carbocycles. The third-order valence-electron chi connectivity index (χ3n) is 4.68. The van der Waals surface area contributed by atoms with Crippen LogP contribution in [0.5, 0.6) is 0 Å². The van der Waals surface area contributed by atoms with E-state index in [2.05, 4.69) is 6.92 Å². The van der Waals surface area contributed by atoms with E-state index in [1.54, 1.807) is 16.4 Å². The molecule has 0 bridgehead atoms. The maximum absolute atomic E-state index is 12.5. The first-order valence-electron chi connectivity index (χ1n) is 9.14. The van der Waals surface area contributed by atoms with Gasteiger partial charge in [-0.1, -0.05) is 76.0 Å². The molecule has 4 heteroatoms. The van der Waals surface area contributed by atoms with Crippen LogP contribution in [0, 0.1) is 6.92 Å². The standard InChI is InChI=1S/C19H31NO2S/c1-3-4-5-6-7-8-9-10-11-18-16-20(18)23(21,22)19-14-12-17(2)13-15-19/h12-15,18H,3-11,16H2,1-2H3. The Morgan fingerprint density at radius 3 is 2.13 bits per heavy atom. The van der Waals surface area contributed by atoms with E-state index in [0.29, 0.717) is 11.4 Å². The van der Waals surface area contributed by atoms with Gasteiger partial charge >= 0.3 is 0 Å². The summed E-state index contributed by atoms with van der Waals surface area (Å²) in [5.41, 5.74) is 1.09. The van der Waals surface area contributed by atoms with E-state index in [0.717, 1.165) is 18.4 Å². The summed E-state index contributed by atoms with van der Waals surface area (Å²) in [6.07, 6.45) is 11.4. The van der Waals surface area contributed by atoms with Gasteiger partial charge in [-0.3, -0.25) is 0 Å². The van der Waals surface area contributed by atoms with Crippen LogP contribution in [0.2, 0.25) is 0 Å². The summed E-state index contributed by atoms with van der Waals surface area (Å²) < 4.78 is 26.6. The summed E-state index contributed by atoms with van der Waals surface area (Å²) >= 11 is 0. The zero-order valence-electron chi connectivity index (χ0n) is 14.6. The molecule has 23 heavy (non-hydrogen) atoms. The van der Waals surface area contributed by atoms with Crippen molar-refractivity contribution in [2.24, 2.45) is 0 Å². The lowest BCUT2D eigenvalue weighted by atomic mass is 10.1. The minimum atomic E-state index is -3.26. The molecule has 1 saturated heterocycles. The molecule has 0 radical (unpaired) electrons. The van der Waals surface area contributed by atoms with E-state index in [9.17, 15) is 8.42 Å². The first-order valence-corrected chi connectivity index (χ1v) is 10.6. The molecular formula is C19H31NO2S. The van der Waals surface area contributed by atoms with E-state index in [4.69, 9.17) is 0 Å². The van der Waals surface area contributed by atoms with Gasteiger partial charge < -0.3 is 0 Å². The number of nitrogens with zero attached hydrogens (tertiary/aromatic N) is 1. The highest BCUT2D eigenvalue weighted by atomic mass is 32.2. The predicted octanol–water partition coefficient (Wildman–Crippen LogP) is 4.90. The Kier molecular flexibility index (Phi) is 7.09. The van der Waals surface area contributed by atoms with Gasteiger partial charge in [0.1, 0.15) is 0 Å². The molecule has 1 fully saturated rings. The Bertz CT molecular complexity index is 566. The summed E-state index contributed by atoms with van der Waals surface area (Å²) in [4.78, 5) is 0.432. The van der Waals surface area contributed by atoms with Crippen molar-refractivity contribution in [2.75, 3.05) is 6.54 Å². The monoisotopic (exact) mass is 337 g/mol. The zero-order chi connectivity index (χ0) is 16.7. The van der Waals surface area contributed by atoms with E-state index < -0.39 is 10.0 Å². The van der Waals surface area contributed by atoms with Crippen molar-refractivity contribution in [2.45, 2.75) is 82.6 Å². The van der Waals surface area contributed by atoms with Crippen molar-refractivity contribution in [1.29, 1.82) is 0 Å². The van der Waals surface area contributed by atoms with Crippen molar-refractivity contribution < 1.29 is 8.42 Å². The molecule has 0 aliphatic carbocycles. The molecule has 1 aromatic carbocycles. The maximum atomic E-state index is 12.5. The summed E-state index contributed by atoms with van der Waals surface area (Å²) in [6.45, 7) is 4.91. The highest BCUT2D eigenvalue weighted by molar-refractivity contribution is 7.89. The molecule has 1 aromatic rings. The van der Waals surface area contributed by atoms with E-state index in [-0.39, 0.29) is 6.04 Å². The quantitative estimate of drug-likeness (QED) is 0.425. The van der Waals surface area contributed by atoms with Gasteiger partial charge in [0.2, 0.25) is 10.0 Å². The fourth-order valence-electron chi connectivity index (χ4n) is 3.05. The lowest BCUT2D eigenvalue weighted by molar-refractivity contribution is 0.529. The third kappa shape index (κ3) is 5.61. The average Bonchev–Trinajstić information content (AvgIpc) is 3.31. The first kappa shape index (κ1) is 18.5. The highest BCUT2D eigenvalue weighted by Crippen LogP contribution is 2.31. The van der Waals surface area contributed by atoms with E-state index in [1.165, 1.54) is 44.9 Å². The topological polar surface area (TPSA) is 37.1 Å². The molecular weight excluding hydrogens is 306 g/mol. The number of sulfonamides is 1. The van der Waals surface area contributed by atoms with Crippen molar-refractivity contribution in [3.63, 3.8) is 0 Å². The predicted molar refractivity (Wildman–Crippen MR) is 96.1 cm³/mol. The summed E-state index contributed by atoms with van der Waals surface area (Å²) in [6, 6.07) is 7.40. The minimum Gasteiger partial charge on any atom is -0.207 e. The van der Waals surface area contributed by atoms with Gasteiger partial charge in [0.05, 0.1) is 4.90 Å². The van der Waals surface area contributed by atoms with Gasteiger partial charge in [0, 0.05) is 12.6 Å². The zero-order valence-corrected chi connectivity index (χ0v) is 15.4. The SMILES string of the molecule is CCCCCCCCCCC1CN1S(=O)(=O)c1ccc(C)cc1. The molecule has 0 amide bonds. The molecule has 0 N–H and O–H groups in total. The number of hydrogen-bond acceptors (Lipinski definition) is 2. The minimum absolute atomic E-state index is 0.237. The van der Waals surface area contributed by atoms with E-state index in [1.807, 2.05) is 19.1 Å². The Labute approximate surface area is 142 Å². The molecule has 130 valence electrons. The van der Waals surface area contributed by atoms with Gasteiger partial charge in [0.15, 0.2) is 0 Å². The average molecular weight is 338 g/mol. The van der Waals surface area contributed by atoms with Gasteiger partial charge in [0.25, 0.3) is 0 Å². The normalized spacial score (nSPS) is 20.6. The van der Waals surface area contributed by atoms with Crippen LogP contribution in [-0.2, 0) is 10.0 Å². The summed E-state index contributed by atoms with van der Waals surface area (Å²) in [5, 5.41) is 0. The molecule has 3 nitrogen and oxygen atoms in total. The number of rotatable bonds is 11. The fraction of sp³-hybridized carbons (Fsp3) is 0.684. The Balaban J connectivity index is 1.64. The lowest BCUT2D eigenvalue weighted by Crippen LogP contribution is -2.14. The van der Waals surface area contributed by atoms with Crippen LogP contribution < -0.4 is 0 Å². The molecule has 1 aliphatic heterocycles. The van der Waals surface area contributed by atoms with Crippen LogP contribution in [0.3, 0.4) is 0 Å². The summed E-state index contributed by atoms with van der Waals surface area (Å²) in [5.74, 6) is 0. The highest BCUT2D eigenvalue weighted by Gasteiger charge is 2.43. The smallest absolute Gasteiger partial charge is 0.207 e. The number of aryl methyl sites for hydroxylation is 1. The lowest BCUT2D eigenvalue weighted by Gasteiger charge is -2.07. The van der Waals surface area contributed by atoms with E-state index >= 15 is 0 Å². The van der Waals surface area contributed by atoms with Crippen LogP contribution in [0.1, 0.15) is 70.3 Å². The maximum Gasteiger partial charge on any atom is 0.243 e. The molecule has 2 unspecified atom stereocenters. The van der Waals surface area contributed by atoms with Gasteiger partial charge in [-0.15, -0.1) is 0 Å². The second-order valence-electron chi connectivity index (χ2n) is 6.81. The summed E-state index contributed by atoms with van der Waals surface area (Å²) in [7, 11) is -3.26. The Morgan fingerprint density at radius 2 is 1.52 bits per heavy atom. The number of unbranched alkanes of at least 4 members (excludes halogenated alkanes) is 7. The van der Waals surface area contributed by atoms with Crippen LogP contribution in [0.15, 0.2) is 29.2 Å². The van der Waals surface area contributed by atoms with Crippen molar-refractivity contribution in [1.82, 2.24) is 4.31 Å². The molecule has 2 atom stereocenters. The number of hydrogen-bond donors (Lipinski definition) is 0. The van der Waals surface area contributed by atoms with Gasteiger partial charge in [-0.25, -0.2) is 8.42 Å². The molecule has 1 heterocycles. The van der Waals surface area contributed by atoms with Crippen LogP contribution in [0.4, 0.5) is 0 Å². The number of benzene rings is 1. The first-order chi connectivity index (χ1) is 11.1. The van der Waals surface area contributed by atoms with Gasteiger partial charge in [-0.2, -0.15) is 4.31 Å². The van der Waals surface area contributed by atoms with Crippen LogP contribution in [0.25, 0.3) is 0 Å². The van der Waals surface area contributed by atoms with Crippen molar-refractivity contribution >= 4 is 10.0 Å². The third-order valence-corrected chi connectivity index (χ3v) is 6.62. The largest absolute Gasteiger partial charge is 0.243 e. The second-order valence-corrected chi connectivity index (χ2v) is 8.70. The van der Waals surface area contributed by atoms with Crippen molar-refractivity contribution in [3.05, 3.63) is 29.8 Å². The van der Waals surface area contributed by atoms with Crippen LogP contribution >= 0.6 is 0 Å².